The van der Waals surface area contributed by atoms with Crippen molar-refractivity contribution in [2.45, 2.75) is 43.8 Å². The Morgan fingerprint density at radius 3 is 2.93 bits per heavy atom. The Hall–Kier alpha value is -1.93. The summed E-state index contributed by atoms with van der Waals surface area (Å²) in [5.74, 6) is 1.49. The number of methoxy groups -OCH3 is 2. The lowest BCUT2D eigenvalue weighted by Gasteiger charge is -2.25. The van der Waals surface area contributed by atoms with Gasteiger partial charge in [0.2, 0.25) is 0 Å². The molecule has 3 aliphatic heterocycles. The van der Waals surface area contributed by atoms with Crippen LogP contribution in [0.3, 0.4) is 0 Å². The van der Waals surface area contributed by atoms with Gasteiger partial charge in [0.15, 0.2) is 0 Å². The maximum Gasteiger partial charge on any atom is 0.307 e. The summed E-state index contributed by atoms with van der Waals surface area (Å²) in [6, 6.07) is 4.72. The first kappa shape index (κ1) is 19.4. The molecule has 1 unspecified atom stereocenters. The average molecular weight is 406 g/mol. The van der Waals surface area contributed by atoms with Crippen molar-refractivity contribution >= 4 is 34.1 Å². The minimum absolute atomic E-state index is 0.00679. The van der Waals surface area contributed by atoms with Crippen LogP contribution < -0.4 is 15.4 Å². The summed E-state index contributed by atoms with van der Waals surface area (Å²) in [7, 11) is 3.12. The third kappa shape index (κ3) is 4.22. The van der Waals surface area contributed by atoms with Crippen molar-refractivity contribution in [1.82, 2.24) is 0 Å². The molecule has 1 aromatic carbocycles. The second-order valence-corrected chi connectivity index (χ2v) is 8.39. The Balaban J connectivity index is 1.49. The molecule has 0 bridgehead atoms. The summed E-state index contributed by atoms with van der Waals surface area (Å²) < 4.78 is 15.8. The van der Waals surface area contributed by atoms with Gasteiger partial charge in [0, 0.05) is 37.5 Å². The fraction of sp³-hybridized carbons (Fsp3) is 0.600. The quantitative estimate of drug-likeness (QED) is 0.704. The van der Waals surface area contributed by atoms with Crippen LogP contribution in [0, 0.1) is 0 Å². The van der Waals surface area contributed by atoms with Crippen molar-refractivity contribution in [3.05, 3.63) is 17.7 Å². The van der Waals surface area contributed by atoms with Gasteiger partial charge in [-0.1, -0.05) is 0 Å². The lowest BCUT2D eigenvalue weighted by molar-refractivity contribution is -0.140. The number of nitrogens with zero attached hydrogens (tertiary/aromatic N) is 1. The van der Waals surface area contributed by atoms with Gasteiger partial charge in [-0.15, -0.1) is 11.8 Å². The highest BCUT2D eigenvalue weighted by Crippen LogP contribution is 2.40. The predicted octanol–water partition coefficient (Wildman–Crippen LogP) is 2.70. The van der Waals surface area contributed by atoms with Crippen LogP contribution in [0.2, 0.25) is 0 Å². The second-order valence-electron chi connectivity index (χ2n) is 7.35. The monoisotopic (exact) mass is 405 g/mol. The van der Waals surface area contributed by atoms with Crippen LogP contribution in [0.25, 0.3) is 0 Å². The van der Waals surface area contributed by atoms with Crippen molar-refractivity contribution in [3.8, 4) is 5.75 Å². The standard InChI is InChI=1S/C20H27N3O4S/c1-25-15-7-12-8-17(20-22-14(11-28-20)9-18(24)26-2)23-19(12)16(10-15)21-13-3-5-27-6-4-13/h7,10,13-14,17,21,23H,3-6,8-9,11H2,1-2H3/t14-,17?/m1/s1. The average Bonchev–Trinajstić information content (AvgIpc) is 3.35. The van der Waals surface area contributed by atoms with E-state index in [4.69, 9.17) is 19.2 Å². The normalized spacial score (nSPS) is 24.3. The number of carbonyl (C=O) groups is 1. The fourth-order valence-corrected chi connectivity index (χ4v) is 5.02. The Kier molecular flexibility index (Phi) is 5.96. The number of aliphatic imine (C=N–C) groups is 1. The van der Waals surface area contributed by atoms with Gasteiger partial charge in [0.05, 0.1) is 49.1 Å². The lowest BCUT2D eigenvalue weighted by atomic mass is 10.1. The van der Waals surface area contributed by atoms with Gasteiger partial charge in [0.1, 0.15) is 5.75 Å². The predicted molar refractivity (Wildman–Crippen MR) is 112 cm³/mol. The van der Waals surface area contributed by atoms with E-state index >= 15 is 0 Å². The molecule has 1 fully saturated rings. The number of ether oxygens (including phenoxy) is 3. The van der Waals surface area contributed by atoms with Crippen LogP contribution in [-0.4, -0.2) is 62.3 Å². The zero-order chi connectivity index (χ0) is 19.5. The maximum absolute atomic E-state index is 11.5. The second kappa shape index (κ2) is 8.61. The largest absolute Gasteiger partial charge is 0.497 e. The molecule has 0 spiro atoms. The molecule has 3 heterocycles. The molecule has 0 radical (unpaired) electrons. The number of hydrogen-bond acceptors (Lipinski definition) is 8. The van der Waals surface area contributed by atoms with Crippen molar-refractivity contribution in [3.63, 3.8) is 0 Å². The first-order valence-corrected chi connectivity index (χ1v) is 10.7. The van der Waals surface area contributed by atoms with Crippen LogP contribution >= 0.6 is 11.8 Å². The van der Waals surface area contributed by atoms with Crippen molar-refractivity contribution < 1.29 is 19.0 Å². The van der Waals surface area contributed by atoms with E-state index in [2.05, 4.69) is 22.8 Å². The van der Waals surface area contributed by atoms with Crippen LogP contribution in [0.5, 0.6) is 5.75 Å². The summed E-state index contributed by atoms with van der Waals surface area (Å²) in [4.78, 5) is 16.3. The van der Waals surface area contributed by atoms with Gasteiger partial charge in [-0.2, -0.15) is 0 Å². The number of hydrogen-bond donors (Lipinski definition) is 2. The number of esters is 1. The number of thioether (sulfide) groups is 1. The summed E-state index contributed by atoms with van der Waals surface area (Å²) in [5.41, 5.74) is 3.45. The number of nitrogens with one attached hydrogen (secondary N) is 2. The molecule has 7 nitrogen and oxygen atoms in total. The minimum atomic E-state index is -0.203. The molecule has 1 saturated heterocycles. The highest BCUT2D eigenvalue weighted by Gasteiger charge is 2.32. The van der Waals surface area contributed by atoms with Gasteiger partial charge >= 0.3 is 5.97 Å². The van der Waals surface area contributed by atoms with Gasteiger partial charge in [-0.25, -0.2) is 0 Å². The maximum atomic E-state index is 11.5. The summed E-state index contributed by atoms with van der Waals surface area (Å²) in [6.45, 7) is 1.60. The number of fused-ring (bicyclic) bond motifs is 1. The SMILES string of the molecule is COC(=O)C[C@@H]1CSC(C2Cc3cc(OC)cc(NC4CCOCC4)c3N2)=N1. The summed E-state index contributed by atoms with van der Waals surface area (Å²) in [6.07, 6.45) is 3.23. The number of rotatable bonds is 6. The Morgan fingerprint density at radius 1 is 1.36 bits per heavy atom. The molecule has 152 valence electrons. The highest BCUT2D eigenvalue weighted by molar-refractivity contribution is 8.14. The molecule has 3 aliphatic rings. The molecule has 0 amide bonds. The number of carbonyl (C=O) groups excluding carboxylic acids is 1. The zero-order valence-corrected chi connectivity index (χ0v) is 17.1. The smallest absolute Gasteiger partial charge is 0.307 e. The van der Waals surface area contributed by atoms with Crippen molar-refractivity contribution in [1.29, 1.82) is 0 Å². The molecule has 1 aromatic rings. The third-order valence-electron chi connectivity index (χ3n) is 5.41. The van der Waals surface area contributed by atoms with Crippen LogP contribution in [0.4, 0.5) is 11.4 Å². The molecule has 2 N–H and O–H groups in total. The Morgan fingerprint density at radius 2 is 2.18 bits per heavy atom. The molecule has 8 heteroatoms. The number of anilines is 2. The molecule has 0 aliphatic carbocycles. The van der Waals surface area contributed by atoms with E-state index in [-0.39, 0.29) is 18.1 Å². The molecular weight excluding hydrogens is 378 g/mol. The highest BCUT2D eigenvalue weighted by atomic mass is 32.2. The van der Waals surface area contributed by atoms with Gasteiger partial charge in [-0.3, -0.25) is 9.79 Å². The molecule has 0 saturated carbocycles. The first-order valence-electron chi connectivity index (χ1n) is 9.75. The zero-order valence-electron chi connectivity index (χ0n) is 16.3. The molecule has 0 aromatic heterocycles. The first-order chi connectivity index (χ1) is 13.7. The van der Waals surface area contributed by atoms with E-state index in [0.29, 0.717) is 12.5 Å². The van der Waals surface area contributed by atoms with E-state index in [1.807, 2.05) is 0 Å². The van der Waals surface area contributed by atoms with Crippen LogP contribution in [0.1, 0.15) is 24.8 Å². The molecule has 2 atom stereocenters. The summed E-state index contributed by atoms with van der Waals surface area (Å²) in [5, 5.41) is 8.41. The van der Waals surface area contributed by atoms with E-state index < -0.39 is 0 Å². The van der Waals surface area contributed by atoms with E-state index in [1.165, 1.54) is 12.7 Å². The number of benzene rings is 1. The van der Waals surface area contributed by atoms with E-state index in [9.17, 15) is 4.79 Å². The van der Waals surface area contributed by atoms with Crippen LogP contribution in [0.15, 0.2) is 17.1 Å². The molecule has 4 rings (SSSR count). The summed E-state index contributed by atoms with van der Waals surface area (Å²) >= 11 is 1.73. The van der Waals surface area contributed by atoms with E-state index in [0.717, 1.165) is 60.4 Å². The van der Waals surface area contributed by atoms with Gasteiger partial charge < -0.3 is 24.8 Å². The Bertz CT molecular complexity index is 764. The third-order valence-corrected chi connectivity index (χ3v) is 6.65. The van der Waals surface area contributed by atoms with Crippen molar-refractivity contribution in [2.24, 2.45) is 4.99 Å². The van der Waals surface area contributed by atoms with Crippen LogP contribution in [-0.2, 0) is 20.7 Å². The molecule has 28 heavy (non-hydrogen) atoms. The van der Waals surface area contributed by atoms with E-state index in [1.54, 1.807) is 18.9 Å². The van der Waals surface area contributed by atoms with Crippen molar-refractivity contribution in [2.75, 3.05) is 43.8 Å². The minimum Gasteiger partial charge on any atom is -0.497 e. The van der Waals surface area contributed by atoms with Gasteiger partial charge in [-0.05, 0) is 24.5 Å². The molecular formula is C20H27N3O4S. The topological polar surface area (TPSA) is 81.2 Å². The Labute approximate surface area is 169 Å². The fourth-order valence-electron chi connectivity index (χ4n) is 3.90. The lowest BCUT2D eigenvalue weighted by Crippen LogP contribution is -2.28. The van der Waals surface area contributed by atoms with Gasteiger partial charge in [0.25, 0.3) is 0 Å².